The van der Waals surface area contributed by atoms with Gasteiger partial charge in [-0.05, 0) is 42.8 Å². The number of carbonyl (C=O) groups is 2. The number of hydrogen-bond donors (Lipinski definition) is 1. The molecule has 1 aliphatic rings. The molecule has 1 heterocycles. The maximum Gasteiger partial charge on any atom is 0.227 e. The van der Waals surface area contributed by atoms with E-state index in [1.807, 2.05) is 35.7 Å². The molecule has 0 aliphatic heterocycles. The lowest BCUT2D eigenvalue weighted by Gasteiger charge is -2.21. The van der Waals surface area contributed by atoms with Crippen LogP contribution < -0.4 is 5.32 Å². The summed E-state index contributed by atoms with van der Waals surface area (Å²) in [6, 6.07) is 11.4. The molecule has 1 saturated carbocycles. The zero-order valence-electron chi connectivity index (χ0n) is 13.8. The maximum atomic E-state index is 12.6. The van der Waals surface area contributed by atoms with E-state index >= 15 is 0 Å². The van der Waals surface area contributed by atoms with Crippen molar-refractivity contribution in [3.63, 3.8) is 0 Å². The van der Waals surface area contributed by atoms with Gasteiger partial charge in [0.25, 0.3) is 0 Å². The third-order valence-corrected chi connectivity index (χ3v) is 5.58. The quantitative estimate of drug-likeness (QED) is 0.745. The van der Waals surface area contributed by atoms with Crippen LogP contribution in [0.3, 0.4) is 0 Å². The Morgan fingerprint density at radius 3 is 2.58 bits per heavy atom. The van der Waals surface area contributed by atoms with Crippen LogP contribution in [-0.4, -0.2) is 11.7 Å². The average molecular weight is 341 g/mol. The van der Waals surface area contributed by atoms with Crippen LogP contribution in [0.2, 0.25) is 0 Å². The van der Waals surface area contributed by atoms with Gasteiger partial charge in [-0.25, -0.2) is 0 Å². The smallest absolute Gasteiger partial charge is 0.227 e. The average Bonchev–Trinajstić information content (AvgIpc) is 3.14. The molecule has 0 atom stereocenters. The number of Topliss-reactive ketones (excluding diaryl/α,β-unsaturated/α-hetero) is 1. The summed E-state index contributed by atoms with van der Waals surface area (Å²) >= 11 is 1.67. The SMILES string of the molecule is O=C(CCc1cccs1)c1ccccc1NC(=O)C1CCCCC1. The monoisotopic (exact) mass is 341 g/mol. The largest absolute Gasteiger partial charge is 0.325 e. The number of rotatable bonds is 6. The number of amides is 1. The van der Waals surface area contributed by atoms with Crippen molar-refractivity contribution < 1.29 is 9.59 Å². The predicted octanol–water partition coefficient (Wildman–Crippen LogP) is 5.08. The lowest BCUT2D eigenvalue weighted by molar-refractivity contribution is -0.120. The summed E-state index contributed by atoms with van der Waals surface area (Å²) in [6.45, 7) is 0. The molecule has 1 aromatic carbocycles. The minimum Gasteiger partial charge on any atom is -0.325 e. The molecule has 1 N–H and O–H groups in total. The molecule has 3 nitrogen and oxygen atoms in total. The van der Waals surface area contributed by atoms with Gasteiger partial charge in [0.05, 0.1) is 5.69 Å². The molecule has 0 saturated heterocycles. The molecule has 1 aromatic heterocycles. The Kier molecular flexibility index (Phi) is 5.81. The molecule has 0 radical (unpaired) electrons. The second-order valence-electron chi connectivity index (χ2n) is 6.37. The third kappa shape index (κ3) is 4.32. The first kappa shape index (κ1) is 16.9. The molecular weight excluding hydrogens is 318 g/mol. The number of aryl methyl sites for hydroxylation is 1. The first-order valence-electron chi connectivity index (χ1n) is 8.69. The normalized spacial score (nSPS) is 15.2. The number of ketones is 1. The number of benzene rings is 1. The molecule has 2 aromatic rings. The zero-order chi connectivity index (χ0) is 16.8. The van der Waals surface area contributed by atoms with Crippen LogP contribution in [0.15, 0.2) is 41.8 Å². The fourth-order valence-electron chi connectivity index (χ4n) is 3.26. The Labute approximate surface area is 147 Å². The summed E-state index contributed by atoms with van der Waals surface area (Å²) < 4.78 is 0. The van der Waals surface area contributed by atoms with Gasteiger partial charge in [0, 0.05) is 22.8 Å². The summed E-state index contributed by atoms with van der Waals surface area (Å²) in [4.78, 5) is 26.3. The Hall–Kier alpha value is -1.94. The van der Waals surface area contributed by atoms with Crippen LogP contribution in [0.4, 0.5) is 5.69 Å². The molecule has 1 aliphatic carbocycles. The lowest BCUT2D eigenvalue weighted by atomic mass is 9.88. The van der Waals surface area contributed by atoms with Gasteiger partial charge in [-0.2, -0.15) is 0 Å². The first-order valence-corrected chi connectivity index (χ1v) is 9.57. The third-order valence-electron chi connectivity index (χ3n) is 4.64. The molecule has 1 amide bonds. The highest BCUT2D eigenvalue weighted by Crippen LogP contribution is 2.26. The van der Waals surface area contributed by atoms with E-state index in [9.17, 15) is 9.59 Å². The van der Waals surface area contributed by atoms with Gasteiger partial charge in [0.15, 0.2) is 5.78 Å². The molecule has 24 heavy (non-hydrogen) atoms. The molecule has 126 valence electrons. The Morgan fingerprint density at radius 1 is 1.04 bits per heavy atom. The molecule has 3 rings (SSSR count). The van der Waals surface area contributed by atoms with Gasteiger partial charge in [-0.15, -0.1) is 11.3 Å². The predicted molar refractivity (Wildman–Crippen MR) is 98.6 cm³/mol. The van der Waals surface area contributed by atoms with Gasteiger partial charge in [-0.1, -0.05) is 37.5 Å². The number of anilines is 1. The van der Waals surface area contributed by atoms with Crippen molar-refractivity contribution >= 4 is 28.7 Å². The van der Waals surface area contributed by atoms with E-state index in [2.05, 4.69) is 11.4 Å². The van der Waals surface area contributed by atoms with Gasteiger partial charge < -0.3 is 5.32 Å². The van der Waals surface area contributed by atoms with E-state index in [4.69, 9.17) is 0 Å². The van der Waals surface area contributed by atoms with Gasteiger partial charge in [-0.3, -0.25) is 9.59 Å². The standard InChI is InChI=1S/C20H23NO2S/c22-19(13-12-16-9-6-14-24-16)17-10-4-5-11-18(17)21-20(23)15-7-2-1-3-8-15/h4-6,9-11,14-15H,1-3,7-8,12-13H2,(H,21,23). The molecule has 0 spiro atoms. The van der Waals surface area contributed by atoms with E-state index in [0.717, 1.165) is 32.1 Å². The van der Waals surface area contributed by atoms with Crippen LogP contribution in [-0.2, 0) is 11.2 Å². The summed E-state index contributed by atoms with van der Waals surface area (Å²) in [7, 11) is 0. The summed E-state index contributed by atoms with van der Waals surface area (Å²) in [5.74, 6) is 0.240. The van der Waals surface area contributed by atoms with E-state index in [-0.39, 0.29) is 17.6 Å². The molecule has 1 fully saturated rings. The highest BCUT2D eigenvalue weighted by Gasteiger charge is 2.22. The highest BCUT2D eigenvalue weighted by atomic mass is 32.1. The van der Waals surface area contributed by atoms with E-state index in [1.54, 1.807) is 11.3 Å². The Morgan fingerprint density at radius 2 is 1.83 bits per heavy atom. The Balaban J connectivity index is 1.65. The van der Waals surface area contributed by atoms with Crippen molar-refractivity contribution in [1.82, 2.24) is 0 Å². The van der Waals surface area contributed by atoms with Crippen LogP contribution in [0.25, 0.3) is 0 Å². The zero-order valence-corrected chi connectivity index (χ0v) is 14.6. The second-order valence-corrected chi connectivity index (χ2v) is 7.40. The maximum absolute atomic E-state index is 12.6. The van der Waals surface area contributed by atoms with Crippen molar-refractivity contribution in [2.24, 2.45) is 5.92 Å². The van der Waals surface area contributed by atoms with Crippen LogP contribution in [0.5, 0.6) is 0 Å². The summed E-state index contributed by atoms with van der Waals surface area (Å²) in [5, 5.41) is 5.02. The molecule has 0 unspecified atom stereocenters. The van der Waals surface area contributed by atoms with Crippen molar-refractivity contribution in [2.75, 3.05) is 5.32 Å². The van der Waals surface area contributed by atoms with Crippen LogP contribution in [0, 0.1) is 5.92 Å². The van der Waals surface area contributed by atoms with Crippen molar-refractivity contribution in [3.05, 3.63) is 52.2 Å². The first-order chi connectivity index (χ1) is 11.7. The summed E-state index contributed by atoms with van der Waals surface area (Å²) in [5.41, 5.74) is 1.28. The lowest BCUT2D eigenvalue weighted by Crippen LogP contribution is -2.25. The van der Waals surface area contributed by atoms with E-state index in [1.165, 1.54) is 11.3 Å². The molecule has 0 bridgehead atoms. The van der Waals surface area contributed by atoms with Crippen molar-refractivity contribution in [1.29, 1.82) is 0 Å². The van der Waals surface area contributed by atoms with Crippen LogP contribution >= 0.6 is 11.3 Å². The number of thiophene rings is 1. The van der Waals surface area contributed by atoms with Gasteiger partial charge in [0.1, 0.15) is 0 Å². The van der Waals surface area contributed by atoms with Crippen molar-refractivity contribution in [2.45, 2.75) is 44.9 Å². The number of para-hydroxylation sites is 1. The fourth-order valence-corrected chi connectivity index (χ4v) is 3.97. The number of carbonyl (C=O) groups excluding carboxylic acids is 2. The minimum absolute atomic E-state index is 0.0632. The minimum atomic E-state index is 0.0632. The van der Waals surface area contributed by atoms with Crippen molar-refractivity contribution in [3.8, 4) is 0 Å². The highest BCUT2D eigenvalue weighted by molar-refractivity contribution is 7.09. The summed E-state index contributed by atoms with van der Waals surface area (Å²) in [6.07, 6.45) is 6.61. The number of nitrogens with one attached hydrogen (secondary N) is 1. The van der Waals surface area contributed by atoms with Gasteiger partial charge in [0.2, 0.25) is 5.91 Å². The topological polar surface area (TPSA) is 46.2 Å². The fraction of sp³-hybridized carbons (Fsp3) is 0.400. The number of hydrogen-bond acceptors (Lipinski definition) is 3. The van der Waals surface area contributed by atoms with E-state index < -0.39 is 0 Å². The van der Waals surface area contributed by atoms with Gasteiger partial charge >= 0.3 is 0 Å². The van der Waals surface area contributed by atoms with Crippen LogP contribution in [0.1, 0.15) is 53.8 Å². The molecule has 4 heteroatoms. The van der Waals surface area contributed by atoms with E-state index in [0.29, 0.717) is 17.7 Å². The Bertz CT molecular complexity index is 687. The molecular formula is C20H23NO2S. The second kappa shape index (κ2) is 8.25.